The molecule has 0 amide bonds. The van der Waals surface area contributed by atoms with Gasteiger partial charge in [0, 0.05) is 22.6 Å². The molecule has 0 bridgehead atoms. The van der Waals surface area contributed by atoms with E-state index in [4.69, 9.17) is 21.1 Å². The van der Waals surface area contributed by atoms with Crippen LogP contribution in [0.1, 0.15) is 52.2 Å². The van der Waals surface area contributed by atoms with Crippen LogP contribution in [0.5, 0.6) is 11.5 Å². The summed E-state index contributed by atoms with van der Waals surface area (Å²) < 4.78 is 11.5. The zero-order valence-corrected chi connectivity index (χ0v) is 18.2. The van der Waals surface area contributed by atoms with Gasteiger partial charge in [-0.3, -0.25) is 0 Å². The molecule has 0 aliphatic carbocycles. The van der Waals surface area contributed by atoms with Crippen LogP contribution in [0, 0.1) is 5.41 Å². The number of nitrogens with two attached hydrogens (primary N) is 1. The highest BCUT2D eigenvalue weighted by molar-refractivity contribution is 6.31. The topological polar surface area (TPSA) is 35.1 Å². The predicted octanol–water partition coefficient (Wildman–Crippen LogP) is 5.21. The second-order valence-corrected chi connectivity index (χ2v) is 9.41. The van der Waals surface area contributed by atoms with E-state index in [1.54, 1.807) is 7.11 Å². The Morgan fingerprint density at radius 1 is 0.963 bits per heavy atom. The van der Waals surface area contributed by atoms with Gasteiger partial charge in [0.05, 0.1) is 12.6 Å². The molecule has 0 fully saturated rings. The van der Waals surface area contributed by atoms with Crippen LogP contribution in [0.15, 0.2) is 42.5 Å². The number of hydrogen-bond acceptors (Lipinski definition) is 2. The zero-order chi connectivity index (χ0) is 20.1. The van der Waals surface area contributed by atoms with Crippen LogP contribution >= 0.6 is 11.6 Å². The smallest absolute Gasteiger partial charge is 0.161 e. The molecule has 0 aromatic heterocycles. The molecule has 0 aliphatic rings. The summed E-state index contributed by atoms with van der Waals surface area (Å²) >= 11 is 6.20. The minimum atomic E-state index is 0.185. The van der Waals surface area contributed by atoms with Crippen molar-refractivity contribution >= 4 is 11.6 Å². The van der Waals surface area contributed by atoms with Crippen LogP contribution in [-0.2, 0) is 13.2 Å². The van der Waals surface area contributed by atoms with Crippen LogP contribution in [0.25, 0.3) is 0 Å². The van der Waals surface area contributed by atoms with E-state index in [1.165, 1.54) is 5.56 Å². The highest BCUT2D eigenvalue weighted by Gasteiger charge is 2.28. The van der Waals surface area contributed by atoms with Crippen molar-refractivity contribution in [1.29, 1.82) is 0 Å². The molecule has 0 spiro atoms. The van der Waals surface area contributed by atoms with Gasteiger partial charge in [-0.25, -0.2) is 0 Å². The summed E-state index contributed by atoms with van der Waals surface area (Å²) in [5, 5.41) is 3.11. The monoisotopic (exact) mass is 390 g/mol. The third-order valence-electron chi connectivity index (χ3n) is 4.45. The molecule has 0 heterocycles. The van der Waals surface area contributed by atoms with E-state index in [9.17, 15) is 0 Å². The minimum Gasteiger partial charge on any atom is -0.493 e. The number of methoxy groups -OCH3 is 1. The largest absolute Gasteiger partial charge is 0.493 e. The average Bonchev–Trinajstić information content (AvgIpc) is 2.57. The van der Waals surface area contributed by atoms with Crippen molar-refractivity contribution in [3.8, 4) is 11.5 Å². The Hall–Kier alpha value is -1.71. The molecule has 2 rings (SSSR count). The molecular formula is C23H33ClNO2+. The molecule has 27 heavy (non-hydrogen) atoms. The van der Waals surface area contributed by atoms with Crippen LogP contribution in [0.2, 0.25) is 5.02 Å². The first-order valence-electron chi connectivity index (χ1n) is 9.47. The van der Waals surface area contributed by atoms with Crippen LogP contribution in [0.3, 0.4) is 0 Å². The Morgan fingerprint density at radius 3 is 2.30 bits per heavy atom. The standard InChI is InChI=1S/C23H32ClNO2/c1-22(2,3)16-23(4,5)25-14-17-11-12-20(21(13-17)26-6)27-15-18-9-7-8-10-19(18)24/h7-13,25H,14-16H2,1-6H3/p+1. The van der Waals surface area contributed by atoms with Crippen molar-refractivity contribution in [1.82, 2.24) is 0 Å². The number of hydrogen-bond donors (Lipinski definition) is 1. The van der Waals surface area contributed by atoms with Crippen molar-refractivity contribution in [3.05, 3.63) is 58.6 Å². The van der Waals surface area contributed by atoms with E-state index in [1.807, 2.05) is 30.3 Å². The minimum absolute atomic E-state index is 0.185. The van der Waals surface area contributed by atoms with Crippen LogP contribution < -0.4 is 14.8 Å². The fourth-order valence-corrected chi connectivity index (χ4v) is 3.75. The maximum atomic E-state index is 6.20. The summed E-state index contributed by atoms with van der Waals surface area (Å²) in [6.07, 6.45) is 1.15. The molecule has 4 heteroatoms. The highest BCUT2D eigenvalue weighted by Crippen LogP contribution is 2.30. The van der Waals surface area contributed by atoms with Crippen LogP contribution in [0.4, 0.5) is 0 Å². The molecule has 0 aliphatic heterocycles. The molecule has 3 nitrogen and oxygen atoms in total. The number of quaternary nitrogens is 1. The Balaban J connectivity index is 2.02. The molecule has 2 N–H and O–H groups in total. The maximum absolute atomic E-state index is 6.20. The van der Waals surface area contributed by atoms with Gasteiger partial charge in [-0.1, -0.05) is 50.6 Å². The molecule has 2 aromatic rings. The first-order chi connectivity index (χ1) is 12.6. The van der Waals surface area contributed by atoms with Gasteiger partial charge in [0.2, 0.25) is 0 Å². The number of halogens is 1. The first-order valence-corrected chi connectivity index (χ1v) is 9.85. The normalized spacial score (nSPS) is 12.1. The summed E-state index contributed by atoms with van der Waals surface area (Å²) in [5.41, 5.74) is 2.68. The Bertz CT molecular complexity index is 750. The highest BCUT2D eigenvalue weighted by atomic mass is 35.5. The SMILES string of the molecule is COc1cc(C[NH2+]C(C)(C)CC(C)(C)C)ccc1OCc1ccccc1Cl. The van der Waals surface area contributed by atoms with E-state index in [2.05, 4.69) is 52.1 Å². The Labute approximate surface area is 169 Å². The number of rotatable bonds is 8. The molecule has 0 radical (unpaired) electrons. The maximum Gasteiger partial charge on any atom is 0.161 e. The quantitative estimate of drug-likeness (QED) is 0.671. The Kier molecular flexibility index (Phi) is 7.19. The van der Waals surface area contributed by atoms with Gasteiger partial charge in [-0.15, -0.1) is 0 Å². The second-order valence-electron chi connectivity index (χ2n) is 9.00. The first kappa shape index (κ1) is 21.6. The molecule has 0 unspecified atom stereocenters. The molecule has 148 valence electrons. The lowest BCUT2D eigenvalue weighted by atomic mass is 9.82. The van der Waals surface area contributed by atoms with Gasteiger partial charge >= 0.3 is 0 Å². The summed E-state index contributed by atoms with van der Waals surface area (Å²) in [6.45, 7) is 12.8. The molecule has 0 saturated carbocycles. The van der Waals surface area contributed by atoms with E-state index >= 15 is 0 Å². The summed E-state index contributed by atoms with van der Waals surface area (Å²) in [5.74, 6) is 1.48. The van der Waals surface area contributed by atoms with Crippen molar-refractivity contribution in [2.75, 3.05) is 7.11 Å². The summed E-state index contributed by atoms with van der Waals surface area (Å²) in [6, 6.07) is 13.9. The van der Waals surface area contributed by atoms with Crippen molar-refractivity contribution in [2.24, 2.45) is 5.41 Å². The lowest BCUT2D eigenvalue weighted by Crippen LogP contribution is -2.94. The fourth-order valence-electron chi connectivity index (χ4n) is 3.56. The van der Waals surface area contributed by atoms with E-state index in [0.717, 1.165) is 30.0 Å². The third kappa shape index (κ3) is 7.08. The zero-order valence-electron chi connectivity index (χ0n) is 17.4. The van der Waals surface area contributed by atoms with E-state index in [0.29, 0.717) is 17.0 Å². The molecule has 0 saturated heterocycles. The van der Waals surface area contributed by atoms with Gasteiger partial charge in [0.1, 0.15) is 13.2 Å². The Morgan fingerprint density at radius 2 is 1.67 bits per heavy atom. The van der Waals surface area contributed by atoms with Crippen LogP contribution in [-0.4, -0.2) is 12.6 Å². The van der Waals surface area contributed by atoms with Crippen molar-refractivity contribution < 1.29 is 14.8 Å². The second kappa shape index (κ2) is 8.99. The van der Waals surface area contributed by atoms with Crippen molar-refractivity contribution in [3.63, 3.8) is 0 Å². The number of benzene rings is 2. The van der Waals surface area contributed by atoms with Gasteiger partial charge < -0.3 is 14.8 Å². The number of ether oxygens (including phenoxy) is 2. The van der Waals surface area contributed by atoms with Gasteiger partial charge in [-0.05, 0) is 43.5 Å². The summed E-state index contributed by atoms with van der Waals surface area (Å²) in [4.78, 5) is 0. The molecular weight excluding hydrogens is 358 g/mol. The van der Waals surface area contributed by atoms with E-state index in [-0.39, 0.29) is 5.54 Å². The summed E-state index contributed by atoms with van der Waals surface area (Å²) in [7, 11) is 1.68. The van der Waals surface area contributed by atoms with Gasteiger partial charge in [0.25, 0.3) is 0 Å². The fraction of sp³-hybridized carbons (Fsp3) is 0.478. The van der Waals surface area contributed by atoms with Gasteiger partial charge in [0.15, 0.2) is 11.5 Å². The molecule has 2 aromatic carbocycles. The average molecular weight is 391 g/mol. The predicted molar refractivity (Wildman–Crippen MR) is 113 cm³/mol. The molecule has 0 atom stereocenters. The lowest BCUT2D eigenvalue weighted by molar-refractivity contribution is -0.737. The van der Waals surface area contributed by atoms with Gasteiger partial charge in [-0.2, -0.15) is 0 Å². The third-order valence-corrected chi connectivity index (χ3v) is 4.81. The van der Waals surface area contributed by atoms with Crippen molar-refractivity contribution in [2.45, 2.75) is 59.7 Å². The van der Waals surface area contributed by atoms with E-state index < -0.39 is 0 Å². The lowest BCUT2D eigenvalue weighted by Gasteiger charge is -2.30.